The van der Waals surface area contributed by atoms with E-state index < -0.39 is 0 Å². The number of aromatic nitrogens is 2. The Labute approximate surface area is 173 Å². The van der Waals surface area contributed by atoms with E-state index in [2.05, 4.69) is 48.3 Å². The average molecular weight is 403 g/mol. The summed E-state index contributed by atoms with van der Waals surface area (Å²) in [6.45, 7) is 10.3. The lowest BCUT2D eigenvalue weighted by atomic mass is 9.70. The zero-order valence-electron chi connectivity index (χ0n) is 17.3. The van der Waals surface area contributed by atoms with Gasteiger partial charge in [-0.05, 0) is 62.1 Å². The van der Waals surface area contributed by atoms with Gasteiger partial charge in [0.05, 0.1) is 11.7 Å². The zero-order valence-corrected chi connectivity index (χ0v) is 18.0. The molecule has 2 aromatic rings. The molecule has 0 saturated carbocycles. The number of hydrogen-bond acceptors (Lipinski definition) is 2. The monoisotopic (exact) mass is 402 g/mol. The number of carbonyl (C=O) groups is 1. The fourth-order valence-corrected chi connectivity index (χ4v) is 4.32. The van der Waals surface area contributed by atoms with E-state index in [0.717, 1.165) is 48.3 Å². The maximum Gasteiger partial charge on any atom is 0.317 e. The lowest BCUT2D eigenvalue weighted by Crippen LogP contribution is -2.48. The highest BCUT2D eigenvalue weighted by Gasteiger charge is 2.34. The molecule has 2 N–H and O–H groups in total. The van der Waals surface area contributed by atoms with Gasteiger partial charge >= 0.3 is 6.03 Å². The average Bonchev–Trinajstić information content (AvgIpc) is 3.11. The maximum absolute atomic E-state index is 12.2. The lowest BCUT2D eigenvalue weighted by Gasteiger charge is -2.41. The third-order valence-corrected chi connectivity index (χ3v) is 5.76. The summed E-state index contributed by atoms with van der Waals surface area (Å²) in [5.74, 6) is 0.572. The molecule has 0 unspecified atom stereocenters. The highest BCUT2D eigenvalue weighted by atomic mass is 35.5. The third-order valence-electron chi connectivity index (χ3n) is 5.54. The van der Waals surface area contributed by atoms with Crippen LogP contribution in [0.2, 0.25) is 5.02 Å². The first-order valence-corrected chi connectivity index (χ1v) is 10.1. The molecule has 152 valence electrons. The molecule has 2 amide bonds. The van der Waals surface area contributed by atoms with E-state index >= 15 is 0 Å². The van der Waals surface area contributed by atoms with Crippen LogP contribution >= 0.6 is 11.6 Å². The number of rotatable bonds is 4. The fourth-order valence-electron chi connectivity index (χ4n) is 4.07. The molecule has 6 heteroatoms. The number of halogens is 1. The first-order valence-electron chi connectivity index (χ1n) is 9.76. The number of urea groups is 1. The van der Waals surface area contributed by atoms with Gasteiger partial charge in [0.25, 0.3) is 0 Å². The molecule has 2 heterocycles. The first kappa shape index (κ1) is 22.1. The first-order chi connectivity index (χ1) is 13.3. The van der Waals surface area contributed by atoms with Crippen LogP contribution in [0.4, 0.5) is 4.79 Å². The Morgan fingerprint density at radius 3 is 2.61 bits per heavy atom. The van der Waals surface area contributed by atoms with Crippen molar-refractivity contribution in [3.63, 3.8) is 0 Å². The van der Waals surface area contributed by atoms with E-state index in [0.29, 0.717) is 5.92 Å². The lowest BCUT2D eigenvalue weighted by molar-refractivity contribution is 0.110. The van der Waals surface area contributed by atoms with Crippen LogP contribution < -0.4 is 5.32 Å². The second-order valence-corrected chi connectivity index (χ2v) is 8.87. The van der Waals surface area contributed by atoms with Gasteiger partial charge in [0.1, 0.15) is 0 Å². The summed E-state index contributed by atoms with van der Waals surface area (Å²) in [5.41, 5.74) is 2.43. The second kappa shape index (κ2) is 9.34. The number of nitrogens with zero attached hydrogens (tertiary/aromatic N) is 2. The topological polar surface area (TPSA) is 61.0 Å². The predicted molar refractivity (Wildman–Crippen MR) is 116 cm³/mol. The Morgan fingerprint density at radius 2 is 2.00 bits per heavy atom. The van der Waals surface area contributed by atoms with Gasteiger partial charge in [0.2, 0.25) is 0 Å². The minimum atomic E-state index is 0.0604. The number of H-pyrrole nitrogens is 1. The van der Waals surface area contributed by atoms with Crippen molar-refractivity contribution in [2.45, 2.75) is 53.0 Å². The number of nitrogens with one attached hydrogen (secondary N) is 2. The number of benzene rings is 1. The van der Waals surface area contributed by atoms with E-state index in [1.165, 1.54) is 5.56 Å². The number of amides is 2. The summed E-state index contributed by atoms with van der Waals surface area (Å²) in [6.07, 6.45) is 12.8. The quantitative estimate of drug-likeness (QED) is 0.717. The normalized spacial score (nSPS) is 15.4. The van der Waals surface area contributed by atoms with Crippen molar-refractivity contribution < 1.29 is 4.79 Å². The fraction of sp³-hybridized carbons (Fsp3) is 0.545. The van der Waals surface area contributed by atoms with E-state index in [1.807, 2.05) is 31.0 Å². The molecule has 5 nitrogen and oxygen atoms in total. The van der Waals surface area contributed by atoms with Crippen molar-refractivity contribution in [1.82, 2.24) is 20.4 Å². The summed E-state index contributed by atoms with van der Waals surface area (Å²) in [6, 6.07) is 4.24. The number of terminal acetylenes is 1. The van der Waals surface area contributed by atoms with Crippen LogP contribution in [0.3, 0.4) is 0 Å². The number of carbonyl (C=O) groups excluding carboxylic acids is 1. The van der Waals surface area contributed by atoms with Crippen LogP contribution in [0.15, 0.2) is 18.3 Å². The zero-order chi connectivity index (χ0) is 20.9. The van der Waals surface area contributed by atoms with Gasteiger partial charge in [-0.25, -0.2) is 4.79 Å². The SMILES string of the molecule is C#C.CC(C)NC(=O)N1CCC(C(C)(C)Cc2cc(Cl)cc3cn[nH]c23)CC1. The molecule has 0 radical (unpaired) electrons. The molecule has 0 spiro atoms. The highest BCUT2D eigenvalue weighted by Crippen LogP contribution is 2.39. The molecule has 0 aliphatic carbocycles. The standard InChI is InChI=1S/C20H29ClN4O.C2H2/c1-13(2)23-19(26)25-7-5-16(6-8-25)20(3,4)11-14-9-17(21)10-15-12-22-24-18(14)15;1-2/h9-10,12-13,16H,5-8,11H2,1-4H3,(H,22,24)(H,23,26);1-2H. The van der Waals surface area contributed by atoms with E-state index in [9.17, 15) is 4.79 Å². The van der Waals surface area contributed by atoms with Crippen LogP contribution in [0, 0.1) is 24.2 Å². The number of fused-ring (bicyclic) bond motifs is 1. The summed E-state index contributed by atoms with van der Waals surface area (Å²) in [7, 11) is 0. The van der Waals surface area contributed by atoms with E-state index in [1.54, 1.807) is 0 Å². The summed E-state index contributed by atoms with van der Waals surface area (Å²) < 4.78 is 0. The number of hydrogen-bond donors (Lipinski definition) is 2. The second-order valence-electron chi connectivity index (χ2n) is 8.43. The van der Waals surface area contributed by atoms with Crippen molar-refractivity contribution >= 4 is 28.5 Å². The van der Waals surface area contributed by atoms with Gasteiger partial charge in [0, 0.05) is 29.5 Å². The molecule has 1 aromatic heterocycles. The molecule has 1 aromatic carbocycles. The maximum atomic E-state index is 12.2. The van der Waals surface area contributed by atoms with Gasteiger partial charge in [0.15, 0.2) is 0 Å². The van der Waals surface area contributed by atoms with Crippen molar-refractivity contribution in [2.75, 3.05) is 13.1 Å². The summed E-state index contributed by atoms with van der Waals surface area (Å²) >= 11 is 6.30. The molecule has 1 saturated heterocycles. The minimum absolute atomic E-state index is 0.0604. The van der Waals surface area contributed by atoms with Gasteiger partial charge in [-0.2, -0.15) is 5.10 Å². The van der Waals surface area contributed by atoms with E-state index in [4.69, 9.17) is 11.6 Å². The Bertz CT molecular complexity index is 816. The Hall–Kier alpha value is -2.19. The third kappa shape index (κ3) is 5.20. The Balaban J connectivity index is 0.00000136. The van der Waals surface area contributed by atoms with Crippen LogP contribution in [-0.4, -0.2) is 40.3 Å². The van der Waals surface area contributed by atoms with Gasteiger partial charge in [-0.15, -0.1) is 12.8 Å². The van der Waals surface area contributed by atoms with Crippen LogP contribution in [-0.2, 0) is 6.42 Å². The molecule has 0 bridgehead atoms. The van der Waals surface area contributed by atoms with Gasteiger partial charge in [-0.1, -0.05) is 25.4 Å². The van der Waals surface area contributed by atoms with Crippen molar-refractivity contribution in [3.8, 4) is 12.8 Å². The van der Waals surface area contributed by atoms with Crippen LogP contribution in [0.5, 0.6) is 0 Å². The molecule has 1 aliphatic rings. The number of aromatic amines is 1. The predicted octanol–water partition coefficient (Wildman–Crippen LogP) is 4.86. The van der Waals surface area contributed by atoms with Crippen LogP contribution in [0.25, 0.3) is 10.9 Å². The molecular weight excluding hydrogens is 372 g/mol. The molecule has 3 rings (SSSR count). The van der Waals surface area contributed by atoms with Crippen molar-refractivity contribution in [1.29, 1.82) is 0 Å². The van der Waals surface area contributed by atoms with Crippen LogP contribution in [0.1, 0.15) is 46.1 Å². The Morgan fingerprint density at radius 1 is 1.36 bits per heavy atom. The molecule has 1 fully saturated rings. The molecule has 0 atom stereocenters. The minimum Gasteiger partial charge on any atom is -0.336 e. The summed E-state index contributed by atoms with van der Waals surface area (Å²) in [5, 5.41) is 12.1. The summed E-state index contributed by atoms with van der Waals surface area (Å²) in [4.78, 5) is 14.1. The largest absolute Gasteiger partial charge is 0.336 e. The molecular formula is C22H31ClN4O. The smallest absolute Gasteiger partial charge is 0.317 e. The number of piperidine rings is 1. The van der Waals surface area contributed by atoms with Crippen molar-refractivity contribution in [3.05, 3.63) is 28.9 Å². The van der Waals surface area contributed by atoms with Gasteiger partial charge < -0.3 is 10.2 Å². The Kier molecular flexibility index (Phi) is 7.37. The molecule has 1 aliphatic heterocycles. The van der Waals surface area contributed by atoms with E-state index in [-0.39, 0.29) is 17.5 Å². The van der Waals surface area contributed by atoms with Crippen molar-refractivity contribution in [2.24, 2.45) is 11.3 Å². The van der Waals surface area contributed by atoms with Gasteiger partial charge in [-0.3, -0.25) is 5.10 Å². The molecule has 28 heavy (non-hydrogen) atoms. The highest BCUT2D eigenvalue weighted by molar-refractivity contribution is 6.31. The number of likely N-dealkylation sites (tertiary alicyclic amines) is 1.